The standard InChI is InChI=1S/C17H24FN3O/c18-14-10-12(6-7-16(14)21-8-1-2-9-21)17(22)20-15-5-3-4-13(15)11-19/h6-7,10,13,15H,1-5,8-9,11,19H2,(H,20,22)/t13-,15+/m0/s1. The molecule has 22 heavy (non-hydrogen) atoms. The van der Waals surface area contributed by atoms with Gasteiger partial charge in [0.05, 0.1) is 5.69 Å². The van der Waals surface area contributed by atoms with E-state index in [1.165, 1.54) is 6.07 Å². The van der Waals surface area contributed by atoms with Crippen molar-refractivity contribution in [3.63, 3.8) is 0 Å². The lowest BCUT2D eigenvalue weighted by Crippen LogP contribution is -2.39. The molecule has 3 rings (SSSR count). The first-order valence-corrected chi connectivity index (χ1v) is 8.24. The summed E-state index contributed by atoms with van der Waals surface area (Å²) >= 11 is 0. The Labute approximate surface area is 130 Å². The molecule has 0 spiro atoms. The topological polar surface area (TPSA) is 58.4 Å². The van der Waals surface area contributed by atoms with Gasteiger partial charge in [-0.2, -0.15) is 0 Å². The van der Waals surface area contributed by atoms with Gasteiger partial charge in [-0.25, -0.2) is 4.39 Å². The zero-order chi connectivity index (χ0) is 15.5. The number of benzene rings is 1. The summed E-state index contributed by atoms with van der Waals surface area (Å²) in [5.41, 5.74) is 6.73. The minimum atomic E-state index is -0.309. The fraction of sp³-hybridized carbons (Fsp3) is 0.588. The third-order valence-electron chi connectivity index (χ3n) is 4.93. The molecule has 2 atom stereocenters. The second-order valence-electron chi connectivity index (χ2n) is 6.37. The molecule has 1 aromatic rings. The van der Waals surface area contributed by atoms with E-state index >= 15 is 0 Å². The summed E-state index contributed by atoms with van der Waals surface area (Å²) in [5.74, 6) is -0.161. The highest BCUT2D eigenvalue weighted by Crippen LogP contribution is 2.26. The minimum Gasteiger partial charge on any atom is -0.369 e. The molecule has 1 aromatic carbocycles. The molecule has 5 heteroatoms. The number of rotatable bonds is 4. The van der Waals surface area contributed by atoms with Crippen LogP contribution in [0.25, 0.3) is 0 Å². The van der Waals surface area contributed by atoms with Gasteiger partial charge >= 0.3 is 0 Å². The van der Waals surface area contributed by atoms with Crippen molar-refractivity contribution in [3.05, 3.63) is 29.6 Å². The number of hydrogen-bond acceptors (Lipinski definition) is 3. The highest BCUT2D eigenvalue weighted by molar-refractivity contribution is 5.94. The predicted octanol–water partition coefficient (Wildman–Crippen LogP) is 2.28. The number of amides is 1. The lowest BCUT2D eigenvalue weighted by molar-refractivity contribution is 0.0928. The molecule has 0 unspecified atom stereocenters. The second-order valence-corrected chi connectivity index (χ2v) is 6.37. The zero-order valence-corrected chi connectivity index (χ0v) is 12.9. The Morgan fingerprint density at radius 3 is 2.73 bits per heavy atom. The summed E-state index contributed by atoms with van der Waals surface area (Å²) in [4.78, 5) is 14.4. The Morgan fingerprint density at radius 1 is 1.27 bits per heavy atom. The van der Waals surface area contributed by atoms with Crippen LogP contribution in [0, 0.1) is 11.7 Å². The van der Waals surface area contributed by atoms with Crippen LogP contribution in [0.15, 0.2) is 18.2 Å². The molecule has 2 aliphatic rings. The van der Waals surface area contributed by atoms with E-state index in [0.29, 0.717) is 23.7 Å². The van der Waals surface area contributed by atoms with Crippen LogP contribution < -0.4 is 16.0 Å². The minimum absolute atomic E-state index is 0.124. The van der Waals surface area contributed by atoms with Crippen molar-refractivity contribution in [3.8, 4) is 0 Å². The van der Waals surface area contributed by atoms with Crippen molar-refractivity contribution >= 4 is 11.6 Å². The van der Waals surface area contributed by atoms with Crippen molar-refractivity contribution < 1.29 is 9.18 Å². The maximum absolute atomic E-state index is 14.3. The van der Waals surface area contributed by atoms with Crippen LogP contribution in [0.4, 0.5) is 10.1 Å². The maximum atomic E-state index is 14.3. The number of nitrogens with two attached hydrogens (primary N) is 1. The summed E-state index contributed by atoms with van der Waals surface area (Å²) < 4.78 is 14.3. The molecule has 1 aliphatic heterocycles. The van der Waals surface area contributed by atoms with Crippen LogP contribution in [0.3, 0.4) is 0 Å². The van der Waals surface area contributed by atoms with Gasteiger partial charge < -0.3 is 16.0 Å². The molecule has 1 saturated heterocycles. The quantitative estimate of drug-likeness (QED) is 0.897. The van der Waals surface area contributed by atoms with Crippen LogP contribution >= 0.6 is 0 Å². The van der Waals surface area contributed by atoms with Gasteiger partial charge in [0, 0.05) is 24.7 Å². The fourth-order valence-electron chi connectivity index (χ4n) is 3.62. The highest BCUT2D eigenvalue weighted by Gasteiger charge is 2.28. The number of anilines is 1. The van der Waals surface area contributed by atoms with Gasteiger partial charge in [-0.1, -0.05) is 6.42 Å². The fourth-order valence-corrected chi connectivity index (χ4v) is 3.62. The van der Waals surface area contributed by atoms with Crippen molar-refractivity contribution in [1.29, 1.82) is 0 Å². The van der Waals surface area contributed by atoms with Gasteiger partial charge in [0.15, 0.2) is 0 Å². The van der Waals surface area contributed by atoms with E-state index in [0.717, 1.165) is 45.2 Å². The normalized spacial score (nSPS) is 24.7. The molecule has 1 heterocycles. The summed E-state index contributed by atoms with van der Waals surface area (Å²) in [6.45, 7) is 2.37. The molecule has 1 aliphatic carbocycles. The number of carbonyl (C=O) groups excluding carboxylic acids is 1. The lowest BCUT2D eigenvalue weighted by atomic mass is 10.0. The largest absolute Gasteiger partial charge is 0.369 e. The Bertz CT molecular complexity index is 543. The molecule has 2 fully saturated rings. The van der Waals surface area contributed by atoms with E-state index in [2.05, 4.69) is 5.32 Å². The van der Waals surface area contributed by atoms with Gasteiger partial charge in [-0.3, -0.25) is 4.79 Å². The van der Waals surface area contributed by atoms with Crippen molar-refractivity contribution in [2.45, 2.75) is 38.1 Å². The van der Waals surface area contributed by atoms with E-state index in [9.17, 15) is 9.18 Å². The van der Waals surface area contributed by atoms with E-state index in [1.54, 1.807) is 12.1 Å². The summed E-state index contributed by atoms with van der Waals surface area (Å²) in [6, 6.07) is 4.93. The molecule has 120 valence electrons. The number of halogens is 1. The second kappa shape index (κ2) is 6.65. The van der Waals surface area contributed by atoms with E-state index in [1.807, 2.05) is 4.90 Å². The Balaban J connectivity index is 1.69. The number of nitrogens with one attached hydrogen (secondary N) is 1. The number of nitrogens with zero attached hydrogens (tertiary/aromatic N) is 1. The third-order valence-corrected chi connectivity index (χ3v) is 4.93. The maximum Gasteiger partial charge on any atom is 0.251 e. The number of carbonyl (C=O) groups is 1. The molecule has 1 saturated carbocycles. The zero-order valence-electron chi connectivity index (χ0n) is 12.9. The number of hydrogen-bond donors (Lipinski definition) is 2. The molecular formula is C17H24FN3O. The molecule has 0 aromatic heterocycles. The SMILES string of the molecule is NC[C@@H]1CCC[C@H]1NC(=O)c1ccc(N2CCCC2)c(F)c1. The first-order valence-electron chi connectivity index (χ1n) is 8.24. The summed E-state index contributed by atoms with van der Waals surface area (Å²) in [7, 11) is 0. The Hall–Kier alpha value is -1.62. The van der Waals surface area contributed by atoms with Crippen LogP contribution in [-0.2, 0) is 0 Å². The highest BCUT2D eigenvalue weighted by atomic mass is 19.1. The van der Waals surface area contributed by atoms with Gasteiger partial charge in [-0.15, -0.1) is 0 Å². The van der Waals surface area contributed by atoms with E-state index in [-0.39, 0.29) is 17.8 Å². The van der Waals surface area contributed by atoms with Gasteiger partial charge in [0.2, 0.25) is 0 Å². The van der Waals surface area contributed by atoms with Crippen LogP contribution in [0.1, 0.15) is 42.5 Å². The average Bonchev–Trinajstić information content (AvgIpc) is 3.18. The van der Waals surface area contributed by atoms with Crippen LogP contribution in [0.5, 0.6) is 0 Å². The first kappa shape index (κ1) is 15.3. The third kappa shape index (κ3) is 3.09. The molecule has 0 bridgehead atoms. The van der Waals surface area contributed by atoms with Gasteiger partial charge in [0.25, 0.3) is 5.91 Å². The van der Waals surface area contributed by atoms with Crippen LogP contribution in [-0.4, -0.2) is 31.6 Å². The van der Waals surface area contributed by atoms with Crippen molar-refractivity contribution in [2.75, 3.05) is 24.5 Å². The van der Waals surface area contributed by atoms with Crippen LogP contribution in [0.2, 0.25) is 0 Å². The van der Waals surface area contributed by atoms with Crippen molar-refractivity contribution in [1.82, 2.24) is 5.32 Å². The Kier molecular flexibility index (Phi) is 4.62. The Morgan fingerprint density at radius 2 is 2.05 bits per heavy atom. The van der Waals surface area contributed by atoms with E-state index < -0.39 is 0 Å². The first-order chi connectivity index (χ1) is 10.7. The van der Waals surface area contributed by atoms with Crippen molar-refractivity contribution in [2.24, 2.45) is 11.7 Å². The smallest absolute Gasteiger partial charge is 0.251 e. The monoisotopic (exact) mass is 305 g/mol. The molecule has 4 nitrogen and oxygen atoms in total. The predicted molar refractivity (Wildman–Crippen MR) is 85.5 cm³/mol. The molecule has 0 radical (unpaired) electrons. The molecular weight excluding hydrogens is 281 g/mol. The average molecular weight is 305 g/mol. The summed E-state index contributed by atoms with van der Waals surface area (Å²) in [6.07, 6.45) is 5.31. The molecule has 3 N–H and O–H groups in total. The lowest BCUT2D eigenvalue weighted by Gasteiger charge is -2.21. The van der Waals surface area contributed by atoms with E-state index in [4.69, 9.17) is 5.73 Å². The summed E-state index contributed by atoms with van der Waals surface area (Å²) in [5, 5.41) is 3.01. The van der Waals surface area contributed by atoms with Gasteiger partial charge in [-0.05, 0) is 56.3 Å². The van der Waals surface area contributed by atoms with Gasteiger partial charge in [0.1, 0.15) is 5.82 Å². The molecule has 1 amide bonds.